The van der Waals surface area contributed by atoms with Gasteiger partial charge in [-0.05, 0) is 87.5 Å². The summed E-state index contributed by atoms with van der Waals surface area (Å²) in [6.07, 6.45) is 1.51. The molecule has 1 N–H and O–H groups in total. The number of rotatable bonds is 8. The van der Waals surface area contributed by atoms with Crippen molar-refractivity contribution in [3.05, 3.63) is 112 Å². The third-order valence-electron chi connectivity index (χ3n) is 5.96. The summed E-state index contributed by atoms with van der Waals surface area (Å²) in [6.45, 7) is 5.23. The van der Waals surface area contributed by atoms with Gasteiger partial charge in [0, 0.05) is 27.7 Å². The Morgan fingerprint density at radius 3 is 2.26 bits per heavy atom. The average Bonchev–Trinajstić information content (AvgIpc) is 3.16. The van der Waals surface area contributed by atoms with Crippen LogP contribution in [0.25, 0.3) is 5.69 Å². The molecular weight excluding hydrogens is 527 g/mol. The second-order valence-corrected chi connectivity index (χ2v) is 11.0. The van der Waals surface area contributed by atoms with Crippen LogP contribution >= 0.6 is 11.6 Å². The van der Waals surface area contributed by atoms with Gasteiger partial charge in [0.15, 0.2) is 0 Å². The van der Waals surface area contributed by atoms with Crippen LogP contribution in [0.4, 0.5) is 10.1 Å². The van der Waals surface area contributed by atoms with Crippen LogP contribution < -0.4 is 9.73 Å². The smallest absolute Gasteiger partial charge is 0.264 e. The number of benzene rings is 3. The molecule has 0 unspecified atom stereocenters. The van der Waals surface area contributed by atoms with Gasteiger partial charge in [-0.2, -0.15) is 5.10 Å². The summed E-state index contributed by atoms with van der Waals surface area (Å²) in [4.78, 5) is 12.7. The lowest BCUT2D eigenvalue weighted by Gasteiger charge is -2.23. The highest BCUT2D eigenvalue weighted by atomic mass is 35.5. The minimum Gasteiger partial charge on any atom is -0.318 e. The number of aryl methyl sites for hydroxylation is 2. The van der Waals surface area contributed by atoms with E-state index in [1.165, 1.54) is 18.3 Å². The van der Waals surface area contributed by atoms with Crippen LogP contribution in [0.5, 0.6) is 0 Å². The van der Waals surface area contributed by atoms with Crippen molar-refractivity contribution in [3.63, 3.8) is 0 Å². The van der Waals surface area contributed by atoms with Crippen molar-refractivity contribution in [1.82, 2.24) is 9.99 Å². The Morgan fingerprint density at radius 2 is 1.63 bits per heavy atom. The van der Waals surface area contributed by atoms with Gasteiger partial charge in [0.25, 0.3) is 15.9 Å². The number of carbonyl (C=O) groups is 1. The van der Waals surface area contributed by atoms with Crippen LogP contribution in [0.2, 0.25) is 5.02 Å². The quantitative estimate of drug-likeness (QED) is 0.230. The topological polar surface area (TPSA) is 83.8 Å². The first-order chi connectivity index (χ1) is 18.1. The van der Waals surface area contributed by atoms with Gasteiger partial charge in [0.05, 0.1) is 16.8 Å². The zero-order valence-corrected chi connectivity index (χ0v) is 22.6. The molecule has 0 radical (unpaired) electrons. The van der Waals surface area contributed by atoms with E-state index in [-0.39, 0.29) is 4.90 Å². The fraction of sp³-hybridized carbons (Fsp3) is 0.143. The maximum Gasteiger partial charge on any atom is 0.264 e. The van der Waals surface area contributed by atoms with E-state index < -0.39 is 28.3 Å². The van der Waals surface area contributed by atoms with E-state index >= 15 is 0 Å². The number of sulfonamides is 1. The zero-order valence-electron chi connectivity index (χ0n) is 21.0. The minimum atomic E-state index is -4.16. The van der Waals surface area contributed by atoms with E-state index in [0.717, 1.165) is 44.6 Å². The Bertz CT molecular complexity index is 1580. The van der Waals surface area contributed by atoms with E-state index in [1.54, 1.807) is 24.3 Å². The molecule has 196 valence electrons. The lowest BCUT2D eigenvalue weighted by Crippen LogP contribution is -2.39. The monoisotopic (exact) mass is 552 g/mol. The fourth-order valence-electron chi connectivity index (χ4n) is 4.01. The standard InChI is InChI=1S/C28H26ClFN4O3S/c1-19-4-10-25(11-5-19)33(38(36,37)27-14-8-24(30)9-15-27)18-28(35)32-31-17-22-16-20(2)34(21(22)3)26-12-6-23(29)7-13-26/h4-17H,18H2,1-3H3,(H,32,35)/b31-17-. The van der Waals surface area contributed by atoms with Gasteiger partial charge >= 0.3 is 0 Å². The number of nitrogens with one attached hydrogen (secondary N) is 1. The molecule has 0 atom stereocenters. The van der Waals surface area contributed by atoms with E-state index in [2.05, 4.69) is 10.5 Å². The number of hydrogen-bond donors (Lipinski definition) is 1. The molecule has 1 aromatic heterocycles. The SMILES string of the molecule is Cc1ccc(N(CC(=O)N/N=C\c2cc(C)n(-c3ccc(Cl)cc3)c2C)S(=O)(=O)c2ccc(F)cc2)cc1. The van der Waals surface area contributed by atoms with Gasteiger partial charge in [-0.25, -0.2) is 18.2 Å². The second-order valence-electron chi connectivity index (χ2n) is 8.73. The summed E-state index contributed by atoms with van der Waals surface area (Å²) in [5, 5.41) is 4.70. The van der Waals surface area contributed by atoms with E-state index in [1.807, 2.05) is 55.7 Å². The molecule has 0 aliphatic rings. The van der Waals surface area contributed by atoms with Gasteiger partial charge in [-0.15, -0.1) is 0 Å². The van der Waals surface area contributed by atoms with Gasteiger partial charge in [0.2, 0.25) is 0 Å². The largest absolute Gasteiger partial charge is 0.318 e. The van der Waals surface area contributed by atoms with Crippen molar-refractivity contribution in [1.29, 1.82) is 0 Å². The zero-order chi connectivity index (χ0) is 27.4. The number of hydrazone groups is 1. The van der Waals surface area contributed by atoms with Crippen LogP contribution in [0.3, 0.4) is 0 Å². The molecule has 0 spiro atoms. The Kier molecular flexibility index (Phi) is 7.99. The number of aromatic nitrogens is 1. The van der Waals surface area contributed by atoms with Crippen LogP contribution in [0.15, 0.2) is 88.9 Å². The predicted molar refractivity (Wildman–Crippen MR) is 148 cm³/mol. The molecule has 0 aliphatic carbocycles. The third-order valence-corrected chi connectivity index (χ3v) is 8.00. The minimum absolute atomic E-state index is 0.134. The van der Waals surface area contributed by atoms with Crippen molar-refractivity contribution in [2.24, 2.45) is 5.10 Å². The first-order valence-electron chi connectivity index (χ1n) is 11.7. The average molecular weight is 553 g/mol. The maximum absolute atomic E-state index is 13.4. The highest BCUT2D eigenvalue weighted by Crippen LogP contribution is 2.24. The van der Waals surface area contributed by atoms with Crippen molar-refractivity contribution in [2.75, 3.05) is 10.8 Å². The van der Waals surface area contributed by atoms with Crippen LogP contribution in [-0.2, 0) is 14.8 Å². The summed E-state index contributed by atoms with van der Waals surface area (Å²) >= 11 is 6.01. The summed E-state index contributed by atoms with van der Waals surface area (Å²) in [6, 6.07) is 20.5. The van der Waals surface area contributed by atoms with Crippen molar-refractivity contribution in [3.8, 4) is 5.69 Å². The Morgan fingerprint density at radius 1 is 1.00 bits per heavy atom. The normalized spacial score (nSPS) is 11.6. The lowest BCUT2D eigenvalue weighted by molar-refractivity contribution is -0.119. The van der Waals surface area contributed by atoms with E-state index in [0.29, 0.717) is 10.7 Å². The van der Waals surface area contributed by atoms with E-state index in [9.17, 15) is 17.6 Å². The molecule has 1 amide bonds. The molecular formula is C28H26ClFN4O3S. The predicted octanol–water partition coefficient (Wildman–Crippen LogP) is 5.54. The highest BCUT2D eigenvalue weighted by Gasteiger charge is 2.27. The third kappa shape index (κ3) is 5.95. The van der Waals surface area contributed by atoms with Gasteiger partial charge in [0.1, 0.15) is 12.4 Å². The Labute approximate surface area is 226 Å². The number of anilines is 1. The number of halogens is 2. The second kappa shape index (κ2) is 11.2. The summed E-state index contributed by atoms with van der Waals surface area (Å²) < 4.78 is 43.2. The van der Waals surface area contributed by atoms with E-state index in [4.69, 9.17) is 11.6 Å². The molecule has 1 heterocycles. The first-order valence-corrected chi connectivity index (χ1v) is 13.5. The molecule has 0 aliphatic heterocycles. The summed E-state index contributed by atoms with van der Waals surface area (Å²) in [5.41, 5.74) is 7.24. The van der Waals surface area contributed by atoms with Crippen molar-refractivity contribution >= 4 is 39.4 Å². The number of hydrogen-bond acceptors (Lipinski definition) is 4. The highest BCUT2D eigenvalue weighted by molar-refractivity contribution is 7.92. The maximum atomic E-state index is 13.4. The number of nitrogens with zero attached hydrogens (tertiary/aromatic N) is 3. The Hall–Kier alpha value is -3.95. The van der Waals surface area contributed by atoms with Crippen molar-refractivity contribution < 1.29 is 17.6 Å². The Balaban J connectivity index is 1.54. The van der Waals surface area contributed by atoms with Crippen LogP contribution in [0.1, 0.15) is 22.5 Å². The first kappa shape index (κ1) is 27.1. The molecule has 4 rings (SSSR count). The van der Waals surface area contributed by atoms with Crippen LogP contribution in [-0.4, -0.2) is 31.7 Å². The molecule has 0 saturated carbocycles. The lowest BCUT2D eigenvalue weighted by atomic mass is 10.2. The summed E-state index contributed by atoms with van der Waals surface area (Å²) in [5.74, 6) is -1.20. The number of carbonyl (C=O) groups excluding carboxylic acids is 1. The van der Waals surface area contributed by atoms with Gasteiger partial charge in [-0.1, -0.05) is 29.3 Å². The molecule has 10 heteroatoms. The summed E-state index contributed by atoms with van der Waals surface area (Å²) in [7, 11) is -4.16. The molecule has 4 aromatic rings. The van der Waals surface area contributed by atoms with Gasteiger partial charge < -0.3 is 4.57 Å². The van der Waals surface area contributed by atoms with Gasteiger partial charge in [-0.3, -0.25) is 9.10 Å². The molecule has 38 heavy (non-hydrogen) atoms. The number of amides is 1. The van der Waals surface area contributed by atoms with Crippen LogP contribution in [0, 0.1) is 26.6 Å². The molecule has 0 fully saturated rings. The molecule has 7 nitrogen and oxygen atoms in total. The van der Waals surface area contributed by atoms with Crippen molar-refractivity contribution in [2.45, 2.75) is 25.7 Å². The molecule has 0 saturated heterocycles. The molecule has 3 aromatic carbocycles. The fourth-order valence-corrected chi connectivity index (χ4v) is 5.55. The molecule has 0 bridgehead atoms.